The van der Waals surface area contributed by atoms with E-state index in [0.29, 0.717) is 36.0 Å². The fourth-order valence-electron chi connectivity index (χ4n) is 5.25. The molecule has 0 unspecified atom stereocenters. The number of imidazole rings is 2. The van der Waals surface area contributed by atoms with E-state index < -0.39 is 5.97 Å². The molecule has 11 nitrogen and oxygen atoms in total. The van der Waals surface area contributed by atoms with Crippen LogP contribution in [0, 0.1) is 0 Å². The molecule has 0 saturated heterocycles. The van der Waals surface area contributed by atoms with E-state index in [4.69, 9.17) is 4.74 Å². The third-order valence-electron chi connectivity index (χ3n) is 7.16. The van der Waals surface area contributed by atoms with Crippen molar-refractivity contribution in [2.45, 2.75) is 13.5 Å². The Morgan fingerprint density at radius 1 is 0.952 bits per heavy atom. The van der Waals surface area contributed by atoms with Crippen molar-refractivity contribution in [2.75, 3.05) is 6.61 Å². The minimum absolute atomic E-state index is 0.177. The summed E-state index contributed by atoms with van der Waals surface area (Å²) < 4.78 is 9.65. The average Bonchev–Trinajstić information content (AvgIpc) is 3.77. The van der Waals surface area contributed by atoms with Crippen molar-refractivity contribution in [3.63, 3.8) is 0 Å². The van der Waals surface area contributed by atoms with Crippen LogP contribution in [-0.4, -0.2) is 57.4 Å². The van der Waals surface area contributed by atoms with Gasteiger partial charge in [0.2, 0.25) is 5.82 Å². The fraction of sp³-hybridized carbons (Fsp3) is 0.0968. The first-order valence-corrected chi connectivity index (χ1v) is 13.4. The first kappa shape index (κ1) is 25.1. The van der Waals surface area contributed by atoms with E-state index in [1.807, 2.05) is 83.0 Å². The van der Waals surface area contributed by atoms with E-state index in [1.165, 1.54) is 0 Å². The van der Waals surface area contributed by atoms with Gasteiger partial charge in [0.25, 0.3) is 6.01 Å². The highest BCUT2D eigenvalue weighted by Gasteiger charge is 2.19. The summed E-state index contributed by atoms with van der Waals surface area (Å²) in [6.07, 6.45) is 1.82. The summed E-state index contributed by atoms with van der Waals surface area (Å²) >= 11 is 0. The largest absolute Gasteiger partial charge is 0.478 e. The van der Waals surface area contributed by atoms with Crippen LogP contribution in [0.3, 0.4) is 0 Å². The summed E-state index contributed by atoms with van der Waals surface area (Å²) in [5, 5.41) is 24.6. The first-order chi connectivity index (χ1) is 20.6. The number of nitrogens with one attached hydrogen (secondary N) is 1. The molecule has 3 aromatic heterocycles. The van der Waals surface area contributed by atoms with Gasteiger partial charge in [0, 0.05) is 11.3 Å². The highest BCUT2D eigenvalue weighted by Crippen LogP contribution is 2.34. The lowest BCUT2D eigenvalue weighted by Gasteiger charge is -2.13. The van der Waals surface area contributed by atoms with Crippen molar-refractivity contribution >= 4 is 28.0 Å². The minimum Gasteiger partial charge on any atom is -0.478 e. The van der Waals surface area contributed by atoms with Gasteiger partial charge in [-0.05, 0) is 71.3 Å². The van der Waals surface area contributed by atoms with E-state index in [0.717, 1.165) is 39.0 Å². The van der Waals surface area contributed by atoms with Crippen molar-refractivity contribution in [1.82, 2.24) is 39.7 Å². The van der Waals surface area contributed by atoms with Crippen molar-refractivity contribution in [3.05, 3.63) is 102 Å². The number of nitrogens with zero attached hydrogens (tertiary/aromatic N) is 7. The molecule has 4 aromatic carbocycles. The average molecular weight is 557 g/mol. The van der Waals surface area contributed by atoms with Gasteiger partial charge in [0.15, 0.2) is 0 Å². The molecule has 2 N–H and O–H groups in total. The molecule has 0 radical (unpaired) electrons. The molecule has 0 amide bonds. The molecule has 3 heterocycles. The highest BCUT2D eigenvalue weighted by molar-refractivity contribution is 6.01. The second-order valence-corrected chi connectivity index (χ2v) is 9.66. The van der Waals surface area contributed by atoms with Gasteiger partial charge >= 0.3 is 5.97 Å². The number of tetrazole rings is 1. The summed E-state index contributed by atoms with van der Waals surface area (Å²) in [5.74, 6) is -0.525. The van der Waals surface area contributed by atoms with Gasteiger partial charge in [0.05, 0.1) is 40.8 Å². The van der Waals surface area contributed by atoms with Gasteiger partial charge < -0.3 is 9.84 Å². The van der Waals surface area contributed by atoms with Crippen molar-refractivity contribution in [1.29, 1.82) is 0 Å². The zero-order valence-corrected chi connectivity index (χ0v) is 22.5. The van der Waals surface area contributed by atoms with E-state index in [-0.39, 0.29) is 5.56 Å². The Kier molecular flexibility index (Phi) is 6.16. The van der Waals surface area contributed by atoms with E-state index >= 15 is 0 Å². The smallest absolute Gasteiger partial charge is 0.337 e. The van der Waals surface area contributed by atoms with Crippen LogP contribution in [0.15, 0.2) is 91.3 Å². The Balaban J connectivity index is 1.30. The standard InChI is InChI=1S/C31H24N8O3/c1-2-42-31-33-26-8-5-6-23(30(40)41)28(26)38(31)17-19-10-12-20(13-11-19)24-16-21(14-15-22(24)29-34-36-37-35-29)39-18-32-25-7-3-4-9-27(25)39/h3-16,18H,2,17H2,1H3,(H,40,41)(H,34,35,36,37). The predicted octanol–water partition coefficient (Wildman–Crippen LogP) is 5.37. The summed E-state index contributed by atoms with van der Waals surface area (Å²) in [6, 6.07) is 27.6. The number of benzene rings is 4. The maximum Gasteiger partial charge on any atom is 0.337 e. The van der Waals surface area contributed by atoms with Crippen LogP contribution in [0.5, 0.6) is 6.01 Å². The summed E-state index contributed by atoms with van der Waals surface area (Å²) in [7, 11) is 0. The molecule has 0 fully saturated rings. The Morgan fingerprint density at radius 2 is 1.79 bits per heavy atom. The van der Waals surface area contributed by atoms with Crippen LogP contribution < -0.4 is 4.74 Å². The zero-order chi connectivity index (χ0) is 28.6. The second kappa shape index (κ2) is 10.3. The number of fused-ring (bicyclic) bond motifs is 2. The zero-order valence-electron chi connectivity index (χ0n) is 22.5. The monoisotopic (exact) mass is 556 g/mol. The number of carboxylic acid groups (broad SMARTS) is 1. The number of carbonyl (C=O) groups is 1. The highest BCUT2D eigenvalue weighted by atomic mass is 16.5. The Hall–Kier alpha value is -5.84. The molecule has 0 aliphatic heterocycles. The minimum atomic E-state index is -1.01. The molecule has 0 aliphatic rings. The van der Waals surface area contributed by atoms with Crippen LogP contribution in [-0.2, 0) is 6.54 Å². The van der Waals surface area contributed by atoms with E-state index in [2.05, 4.69) is 36.7 Å². The third-order valence-corrected chi connectivity index (χ3v) is 7.16. The van der Waals surface area contributed by atoms with Crippen LogP contribution >= 0.6 is 0 Å². The van der Waals surface area contributed by atoms with Crippen LogP contribution in [0.4, 0.5) is 0 Å². The number of aromatic nitrogens is 8. The number of aromatic amines is 1. The number of carboxylic acids is 1. The molecular formula is C31H24N8O3. The molecule has 0 bridgehead atoms. The SMILES string of the molecule is CCOc1nc2cccc(C(=O)O)c2n1Cc1ccc(-c2cc(-n3cnc4ccccc43)ccc2-c2nn[nH]n2)cc1. The number of rotatable bonds is 8. The van der Waals surface area contributed by atoms with Crippen LogP contribution in [0.25, 0.3) is 50.3 Å². The lowest BCUT2D eigenvalue weighted by atomic mass is 9.97. The van der Waals surface area contributed by atoms with Gasteiger partial charge in [-0.25, -0.2) is 9.78 Å². The molecule has 0 spiro atoms. The number of aromatic carboxylic acids is 1. The molecule has 0 aliphatic carbocycles. The number of hydrogen-bond acceptors (Lipinski definition) is 7. The number of H-pyrrole nitrogens is 1. The lowest BCUT2D eigenvalue weighted by Crippen LogP contribution is -2.08. The molecule has 0 atom stereocenters. The van der Waals surface area contributed by atoms with Gasteiger partial charge in [0.1, 0.15) is 6.33 Å². The van der Waals surface area contributed by atoms with Crippen LogP contribution in [0.2, 0.25) is 0 Å². The normalized spacial score (nSPS) is 11.4. The van der Waals surface area contributed by atoms with Crippen molar-refractivity contribution in [3.8, 4) is 34.2 Å². The molecule has 206 valence electrons. The first-order valence-electron chi connectivity index (χ1n) is 13.4. The quantitative estimate of drug-likeness (QED) is 0.255. The third kappa shape index (κ3) is 4.33. The van der Waals surface area contributed by atoms with E-state index in [1.54, 1.807) is 18.2 Å². The van der Waals surface area contributed by atoms with Gasteiger partial charge in [-0.3, -0.25) is 9.13 Å². The fourth-order valence-corrected chi connectivity index (χ4v) is 5.25. The van der Waals surface area contributed by atoms with Crippen LogP contribution in [0.1, 0.15) is 22.8 Å². The summed E-state index contributed by atoms with van der Waals surface area (Å²) in [4.78, 5) is 21.1. The van der Waals surface area contributed by atoms with Gasteiger partial charge in [-0.2, -0.15) is 10.2 Å². The molecule has 42 heavy (non-hydrogen) atoms. The van der Waals surface area contributed by atoms with Crippen molar-refractivity contribution in [2.24, 2.45) is 0 Å². The Labute approximate surface area is 239 Å². The molecule has 7 aromatic rings. The topological polar surface area (TPSA) is 137 Å². The van der Waals surface area contributed by atoms with Gasteiger partial charge in [-0.15, -0.1) is 10.2 Å². The van der Waals surface area contributed by atoms with Crippen molar-refractivity contribution < 1.29 is 14.6 Å². The number of hydrogen-bond donors (Lipinski definition) is 2. The Bertz CT molecular complexity index is 2060. The maximum atomic E-state index is 12.0. The predicted molar refractivity (Wildman–Crippen MR) is 157 cm³/mol. The second-order valence-electron chi connectivity index (χ2n) is 9.66. The number of para-hydroxylation sites is 3. The van der Waals surface area contributed by atoms with Gasteiger partial charge in [-0.1, -0.05) is 42.5 Å². The summed E-state index contributed by atoms with van der Waals surface area (Å²) in [6.45, 7) is 2.67. The molecule has 11 heteroatoms. The number of ether oxygens (including phenoxy) is 1. The van der Waals surface area contributed by atoms with E-state index in [9.17, 15) is 9.90 Å². The summed E-state index contributed by atoms with van der Waals surface area (Å²) in [5.41, 5.74) is 7.80. The Morgan fingerprint density at radius 3 is 2.57 bits per heavy atom. The maximum absolute atomic E-state index is 12.0. The lowest BCUT2D eigenvalue weighted by molar-refractivity contribution is 0.0698. The molecule has 0 saturated carbocycles. The molecular weight excluding hydrogens is 532 g/mol. The molecule has 7 rings (SSSR count).